The lowest BCUT2D eigenvalue weighted by Crippen LogP contribution is -2.39. The topological polar surface area (TPSA) is 136 Å². The standard InChI is InChI=1S/C8H8N4O5/c1-4(10-7(9)15)6(14)17-12-3-2-5(13)11-8(12)16/h2-3H,1H2,(H3,9,10,15)(H,11,13,16). The molecule has 0 atom stereocenters. The molecule has 1 rings (SSSR count). The molecule has 1 aromatic heterocycles. The van der Waals surface area contributed by atoms with Crippen LogP contribution in [0.5, 0.6) is 0 Å². The number of amides is 2. The Morgan fingerprint density at radius 1 is 1.47 bits per heavy atom. The lowest BCUT2D eigenvalue weighted by Gasteiger charge is -2.06. The van der Waals surface area contributed by atoms with E-state index in [2.05, 4.69) is 11.4 Å². The monoisotopic (exact) mass is 240 g/mol. The van der Waals surface area contributed by atoms with Crippen molar-refractivity contribution in [3.8, 4) is 0 Å². The third-order valence-electron chi connectivity index (χ3n) is 1.49. The molecule has 9 heteroatoms. The molecule has 0 fully saturated rings. The molecule has 0 spiro atoms. The largest absolute Gasteiger partial charge is 0.379 e. The Hall–Kier alpha value is -2.84. The molecule has 0 aliphatic carbocycles. The van der Waals surface area contributed by atoms with E-state index in [4.69, 9.17) is 5.73 Å². The second kappa shape index (κ2) is 4.79. The summed E-state index contributed by atoms with van der Waals surface area (Å²) in [6.07, 6.45) is 0.941. The fourth-order valence-electron chi connectivity index (χ4n) is 0.821. The van der Waals surface area contributed by atoms with E-state index in [-0.39, 0.29) is 0 Å². The third-order valence-corrected chi connectivity index (χ3v) is 1.49. The molecule has 0 saturated heterocycles. The SMILES string of the molecule is C=C(NC(N)=O)C(=O)On1ccc(=O)[nH]c1=O. The van der Waals surface area contributed by atoms with E-state index in [1.165, 1.54) is 0 Å². The van der Waals surface area contributed by atoms with Gasteiger partial charge in [-0.1, -0.05) is 6.58 Å². The van der Waals surface area contributed by atoms with Crippen LogP contribution in [0.2, 0.25) is 0 Å². The van der Waals surface area contributed by atoms with Crippen LogP contribution in [0, 0.1) is 0 Å². The van der Waals surface area contributed by atoms with Crippen molar-refractivity contribution in [3.63, 3.8) is 0 Å². The van der Waals surface area contributed by atoms with Crippen LogP contribution in [-0.4, -0.2) is 21.7 Å². The highest BCUT2D eigenvalue weighted by atomic mass is 16.7. The maximum absolute atomic E-state index is 11.2. The van der Waals surface area contributed by atoms with Crippen molar-refractivity contribution in [3.05, 3.63) is 45.4 Å². The van der Waals surface area contributed by atoms with E-state index < -0.39 is 28.9 Å². The van der Waals surface area contributed by atoms with Crippen LogP contribution in [0.25, 0.3) is 0 Å². The predicted molar refractivity (Wildman–Crippen MR) is 54.8 cm³/mol. The number of rotatable bonds is 3. The molecule has 0 aliphatic rings. The van der Waals surface area contributed by atoms with E-state index >= 15 is 0 Å². The highest BCUT2D eigenvalue weighted by Gasteiger charge is 2.12. The number of aromatic nitrogens is 2. The summed E-state index contributed by atoms with van der Waals surface area (Å²) in [4.78, 5) is 49.8. The van der Waals surface area contributed by atoms with Gasteiger partial charge in [0.05, 0.1) is 6.20 Å². The summed E-state index contributed by atoms with van der Waals surface area (Å²) in [5.41, 5.74) is 2.70. The van der Waals surface area contributed by atoms with Crippen molar-refractivity contribution >= 4 is 12.0 Å². The number of nitrogens with zero attached hydrogens (tertiary/aromatic N) is 1. The first-order chi connectivity index (χ1) is 7.90. The summed E-state index contributed by atoms with van der Waals surface area (Å²) in [6, 6.07) is -0.0281. The van der Waals surface area contributed by atoms with Gasteiger partial charge in [0.2, 0.25) is 0 Å². The van der Waals surface area contributed by atoms with Crippen LogP contribution in [0.4, 0.5) is 4.79 Å². The van der Waals surface area contributed by atoms with Gasteiger partial charge in [-0.3, -0.25) is 9.78 Å². The van der Waals surface area contributed by atoms with Gasteiger partial charge in [-0.05, 0) is 0 Å². The molecule has 9 nitrogen and oxygen atoms in total. The number of H-pyrrole nitrogens is 1. The second-order valence-corrected chi connectivity index (χ2v) is 2.78. The van der Waals surface area contributed by atoms with Crippen LogP contribution in [0.3, 0.4) is 0 Å². The molecule has 17 heavy (non-hydrogen) atoms. The lowest BCUT2D eigenvalue weighted by molar-refractivity contribution is -0.140. The zero-order valence-corrected chi connectivity index (χ0v) is 8.43. The Labute approximate surface area is 93.5 Å². The van der Waals surface area contributed by atoms with Crippen molar-refractivity contribution in [2.45, 2.75) is 0 Å². The van der Waals surface area contributed by atoms with Crippen LogP contribution < -0.4 is 27.1 Å². The first kappa shape index (κ1) is 12.2. The number of nitrogens with one attached hydrogen (secondary N) is 2. The molecule has 90 valence electrons. The minimum absolute atomic E-state index is 0.449. The fourth-order valence-corrected chi connectivity index (χ4v) is 0.821. The highest BCUT2D eigenvalue weighted by Crippen LogP contribution is 1.85. The van der Waals surface area contributed by atoms with Crippen LogP contribution in [0.1, 0.15) is 0 Å². The molecular weight excluding hydrogens is 232 g/mol. The minimum atomic E-state index is -1.10. The number of carbonyl (C=O) groups is 2. The fraction of sp³-hybridized carbons (Fsp3) is 0. The Kier molecular flexibility index (Phi) is 3.44. The molecule has 4 N–H and O–H groups in total. The van der Waals surface area contributed by atoms with Gasteiger partial charge in [0.1, 0.15) is 5.70 Å². The number of aromatic amines is 1. The zero-order chi connectivity index (χ0) is 13.0. The first-order valence-electron chi connectivity index (χ1n) is 4.20. The zero-order valence-electron chi connectivity index (χ0n) is 8.43. The molecule has 0 bridgehead atoms. The maximum Gasteiger partial charge on any atom is 0.379 e. The Balaban J connectivity index is 2.81. The van der Waals surface area contributed by atoms with Crippen molar-refractivity contribution in [2.75, 3.05) is 0 Å². The predicted octanol–water partition coefficient (Wildman–Crippen LogP) is -2.33. The number of hydrogen-bond acceptors (Lipinski definition) is 5. The lowest BCUT2D eigenvalue weighted by atomic mass is 10.5. The van der Waals surface area contributed by atoms with Gasteiger partial charge < -0.3 is 15.9 Å². The Morgan fingerprint density at radius 3 is 2.65 bits per heavy atom. The minimum Gasteiger partial charge on any atom is -0.351 e. The third kappa shape index (κ3) is 3.34. The summed E-state index contributed by atoms with van der Waals surface area (Å²) in [6.45, 7) is 3.16. The summed E-state index contributed by atoms with van der Waals surface area (Å²) < 4.78 is 0.470. The van der Waals surface area contributed by atoms with E-state index in [1.807, 2.05) is 10.3 Å². The molecule has 1 aromatic rings. The number of hydrogen-bond donors (Lipinski definition) is 3. The van der Waals surface area contributed by atoms with Crippen LogP contribution >= 0.6 is 0 Å². The van der Waals surface area contributed by atoms with Gasteiger partial charge >= 0.3 is 17.7 Å². The van der Waals surface area contributed by atoms with Gasteiger partial charge in [0, 0.05) is 6.07 Å². The van der Waals surface area contributed by atoms with Crippen molar-refractivity contribution in [2.24, 2.45) is 5.73 Å². The summed E-state index contributed by atoms with van der Waals surface area (Å²) in [5, 5.41) is 1.88. The Bertz CT molecular complexity index is 584. The molecule has 0 aliphatic heterocycles. The summed E-state index contributed by atoms with van der Waals surface area (Å²) in [5.74, 6) is -1.10. The van der Waals surface area contributed by atoms with Gasteiger partial charge in [0.15, 0.2) is 0 Å². The van der Waals surface area contributed by atoms with Crippen molar-refractivity contribution < 1.29 is 14.4 Å². The summed E-state index contributed by atoms with van der Waals surface area (Å²) >= 11 is 0. The van der Waals surface area contributed by atoms with Crippen molar-refractivity contribution in [1.82, 2.24) is 15.0 Å². The van der Waals surface area contributed by atoms with Gasteiger partial charge in [-0.25, -0.2) is 14.4 Å². The molecule has 2 amide bonds. The quantitative estimate of drug-likeness (QED) is 0.509. The molecule has 0 aromatic carbocycles. The Morgan fingerprint density at radius 2 is 2.12 bits per heavy atom. The highest BCUT2D eigenvalue weighted by molar-refractivity contribution is 5.92. The molecule has 0 saturated carbocycles. The molecular formula is C8H8N4O5. The van der Waals surface area contributed by atoms with E-state index in [0.29, 0.717) is 4.73 Å². The normalized spacial score (nSPS) is 9.41. The van der Waals surface area contributed by atoms with E-state index in [9.17, 15) is 19.2 Å². The first-order valence-corrected chi connectivity index (χ1v) is 4.20. The van der Waals surface area contributed by atoms with E-state index in [1.54, 1.807) is 0 Å². The molecule has 0 unspecified atom stereocenters. The molecule has 0 radical (unpaired) electrons. The average Bonchev–Trinajstić information content (AvgIpc) is 2.21. The number of primary amides is 1. The number of urea groups is 1. The van der Waals surface area contributed by atoms with Gasteiger partial charge in [-0.15, -0.1) is 4.73 Å². The maximum atomic E-state index is 11.2. The van der Waals surface area contributed by atoms with E-state index in [0.717, 1.165) is 12.3 Å². The van der Waals surface area contributed by atoms with Crippen LogP contribution in [-0.2, 0) is 4.79 Å². The van der Waals surface area contributed by atoms with Gasteiger partial charge in [-0.2, -0.15) is 0 Å². The molecule has 1 heterocycles. The van der Waals surface area contributed by atoms with Crippen LogP contribution in [0.15, 0.2) is 34.1 Å². The smallest absolute Gasteiger partial charge is 0.351 e. The number of nitrogens with two attached hydrogens (primary N) is 1. The second-order valence-electron chi connectivity index (χ2n) is 2.78. The number of carbonyl (C=O) groups excluding carboxylic acids is 2. The van der Waals surface area contributed by atoms with Crippen molar-refractivity contribution in [1.29, 1.82) is 0 Å². The van der Waals surface area contributed by atoms with Gasteiger partial charge in [0.25, 0.3) is 5.56 Å². The summed E-state index contributed by atoms with van der Waals surface area (Å²) in [7, 11) is 0. The average molecular weight is 240 g/mol.